The van der Waals surface area contributed by atoms with Gasteiger partial charge in [0.15, 0.2) is 6.10 Å². The number of carbonyl (C=O) groups excluding carboxylic acids is 1. The van der Waals surface area contributed by atoms with Crippen LogP contribution in [0.3, 0.4) is 0 Å². The summed E-state index contributed by atoms with van der Waals surface area (Å²) in [4.78, 5) is 30.5. The van der Waals surface area contributed by atoms with Crippen molar-refractivity contribution in [2.75, 3.05) is 25.0 Å². The molecule has 1 amide bonds. The maximum atomic E-state index is 12.4. The molecule has 1 aliphatic carbocycles. The number of aromatic amines is 1. The SMILES string of the molecule is C1CCCCC1.O=C(CCNCCc1cnc(C(O)c2ccccc2)o1)Nc1ccc(CNCC(O)c2ccc(O)c3[nH]c(=O)sc23)cc1. The second-order valence-corrected chi connectivity index (χ2v) is 13.1. The third-order valence-corrected chi connectivity index (χ3v) is 9.28. The molecule has 2 heterocycles. The topological polar surface area (TPSA) is 173 Å². The van der Waals surface area contributed by atoms with Crippen molar-refractivity contribution in [2.24, 2.45) is 0 Å². The smallest absolute Gasteiger partial charge is 0.305 e. The molecule has 12 heteroatoms. The summed E-state index contributed by atoms with van der Waals surface area (Å²) in [5.74, 6) is 0.774. The van der Waals surface area contributed by atoms with E-state index in [1.165, 1.54) is 44.6 Å². The van der Waals surface area contributed by atoms with Crippen molar-refractivity contribution < 1.29 is 24.5 Å². The first-order valence-electron chi connectivity index (χ1n) is 16.9. The van der Waals surface area contributed by atoms with Crippen LogP contribution in [0.2, 0.25) is 0 Å². The van der Waals surface area contributed by atoms with Gasteiger partial charge in [0.1, 0.15) is 17.0 Å². The van der Waals surface area contributed by atoms with Crippen LogP contribution in [0, 0.1) is 0 Å². The van der Waals surface area contributed by atoms with Crippen LogP contribution in [0.4, 0.5) is 5.69 Å². The summed E-state index contributed by atoms with van der Waals surface area (Å²) >= 11 is 0.953. The van der Waals surface area contributed by atoms with Gasteiger partial charge in [-0.1, -0.05) is 98.4 Å². The van der Waals surface area contributed by atoms with E-state index < -0.39 is 12.2 Å². The number of rotatable bonds is 14. The monoisotopic (exact) mass is 687 g/mol. The van der Waals surface area contributed by atoms with E-state index >= 15 is 0 Å². The number of aliphatic hydroxyl groups excluding tert-OH is 2. The van der Waals surface area contributed by atoms with Crippen LogP contribution >= 0.6 is 11.3 Å². The Morgan fingerprint density at radius 3 is 2.35 bits per heavy atom. The molecule has 2 atom stereocenters. The molecule has 7 N–H and O–H groups in total. The van der Waals surface area contributed by atoms with Crippen LogP contribution in [-0.4, -0.2) is 50.8 Å². The van der Waals surface area contributed by atoms with Gasteiger partial charge in [0.25, 0.3) is 0 Å². The zero-order valence-corrected chi connectivity index (χ0v) is 28.3. The molecule has 1 fully saturated rings. The number of anilines is 1. The molecule has 0 saturated heterocycles. The third kappa shape index (κ3) is 10.8. The van der Waals surface area contributed by atoms with Crippen LogP contribution in [-0.2, 0) is 17.8 Å². The number of nitrogens with zero attached hydrogens (tertiary/aromatic N) is 1. The number of fused-ring (bicyclic) bond motifs is 1. The molecule has 6 rings (SSSR count). The van der Waals surface area contributed by atoms with Crippen LogP contribution in [0.5, 0.6) is 5.75 Å². The predicted octanol–water partition coefficient (Wildman–Crippen LogP) is 5.69. The number of carbonyl (C=O) groups is 1. The molecule has 1 aliphatic rings. The Kier molecular flexibility index (Phi) is 13.5. The number of hydrogen-bond donors (Lipinski definition) is 7. The zero-order chi connectivity index (χ0) is 34.4. The van der Waals surface area contributed by atoms with Gasteiger partial charge < -0.3 is 40.7 Å². The summed E-state index contributed by atoms with van der Waals surface area (Å²) in [5.41, 5.74) is 3.28. The van der Waals surface area contributed by atoms with Crippen LogP contribution in [0.1, 0.15) is 85.5 Å². The van der Waals surface area contributed by atoms with E-state index in [0.29, 0.717) is 65.3 Å². The molecule has 3 aromatic carbocycles. The minimum absolute atomic E-state index is 0.0286. The third-order valence-electron chi connectivity index (χ3n) is 8.35. The molecule has 0 aliphatic heterocycles. The average molecular weight is 688 g/mol. The summed E-state index contributed by atoms with van der Waals surface area (Å²) in [6.45, 7) is 1.85. The summed E-state index contributed by atoms with van der Waals surface area (Å²) in [5, 5.41) is 40.3. The van der Waals surface area contributed by atoms with Crippen molar-refractivity contribution in [2.45, 2.75) is 70.1 Å². The highest BCUT2D eigenvalue weighted by Gasteiger charge is 2.17. The number of benzene rings is 3. The molecule has 2 unspecified atom stereocenters. The zero-order valence-electron chi connectivity index (χ0n) is 27.5. The standard InChI is InChI=1S/C31H33N5O6S.C6H12/c37-24-11-10-23(29-27(24)36-31(41)43-29)25(38)18-33-16-19-6-8-21(9-7-19)35-26(39)13-15-32-14-12-22-17-34-30(42-22)28(40)20-4-2-1-3-5-20;1-2-4-6-5-3-1/h1-11,17,25,28,32-33,37-38,40H,12-16,18H2,(H,35,39)(H,36,41);1-6H2. The molecule has 0 spiro atoms. The number of phenols is 1. The van der Waals surface area contributed by atoms with Gasteiger partial charge in [-0.3, -0.25) is 9.59 Å². The molecule has 0 radical (unpaired) electrons. The van der Waals surface area contributed by atoms with Gasteiger partial charge in [-0.2, -0.15) is 0 Å². The molecule has 260 valence electrons. The number of phenolic OH excluding ortho intramolecular Hbond substituents is 1. The van der Waals surface area contributed by atoms with E-state index in [1.54, 1.807) is 12.3 Å². The fourth-order valence-corrected chi connectivity index (χ4v) is 6.55. The number of hydrogen-bond acceptors (Lipinski definition) is 10. The molecular weight excluding hydrogens is 643 g/mol. The molecule has 1 saturated carbocycles. The summed E-state index contributed by atoms with van der Waals surface area (Å²) < 4.78 is 6.22. The van der Waals surface area contributed by atoms with Gasteiger partial charge in [-0.15, -0.1) is 0 Å². The fourth-order valence-electron chi connectivity index (χ4n) is 5.64. The summed E-state index contributed by atoms with van der Waals surface area (Å²) in [7, 11) is 0. The van der Waals surface area contributed by atoms with E-state index in [1.807, 2.05) is 54.6 Å². The van der Waals surface area contributed by atoms with Crippen LogP contribution in [0.25, 0.3) is 10.2 Å². The number of nitrogens with one attached hydrogen (secondary N) is 4. The minimum Gasteiger partial charge on any atom is -0.506 e. The molecule has 49 heavy (non-hydrogen) atoms. The van der Waals surface area contributed by atoms with E-state index in [4.69, 9.17) is 4.42 Å². The molecular formula is C37H45N5O6S. The molecule has 11 nitrogen and oxygen atoms in total. The van der Waals surface area contributed by atoms with Gasteiger partial charge >= 0.3 is 4.87 Å². The van der Waals surface area contributed by atoms with Crippen molar-refractivity contribution in [3.05, 3.63) is 111 Å². The van der Waals surface area contributed by atoms with Crippen LogP contribution in [0.15, 0.2) is 82.1 Å². The molecule has 5 aromatic rings. The minimum atomic E-state index is -0.909. The average Bonchev–Trinajstić information content (AvgIpc) is 3.77. The first kappa shape index (κ1) is 36.0. The second-order valence-electron chi connectivity index (χ2n) is 12.1. The number of amides is 1. The summed E-state index contributed by atoms with van der Waals surface area (Å²) in [6, 6.07) is 19.7. The van der Waals surface area contributed by atoms with Gasteiger partial charge in [-0.05, 0) is 29.3 Å². The Labute approximate surface area is 289 Å². The largest absolute Gasteiger partial charge is 0.506 e. The second kappa shape index (κ2) is 18.4. The van der Waals surface area contributed by atoms with Crippen molar-refractivity contribution in [1.29, 1.82) is 0 Å². The predicted molar refractivity (Wildman–Crippen MR) is 192 cm³/mol. The van der Waals surface area contributed by atoms with Gasteiger partial charge in [0.2, 0.25) is 11.8 Å². The van der Waals surface area contributed by atoms with E-state index in [-0.39, 0.29) is 29.0 Å². The number of aromatic nitrogens is 2. The maximum Gasteiger partial charge on any atom is 0.305 e. The van der Waals surface area contributed by atoms with Crippen molar-refractivity contribution in [1.82, 2.24) is 20.6 Å². The Bertz CT molecular complexity index is 1790. The number of oxazole rings is 1. The maximum absolute atomic E-state index is 12.4. The van der Waals surface area contributed by atoms with Gasteiger partial charge in [0.05, 0.1) is 17.0 Å². The number of H-pyrrole nitrogens is 1. The van der Waals surface area contributed by atoms with Gasteiger partial charge in [-0.25, -0.2) is 4.98 Å². The first-order valence-corrected chi connectivity index (χ1v) is 17.7. The van der Waals surface area contributed by atoms with Crippen molar-refractivity contribution >= 4 is 33.1 Å². The number of thiazole rings is 1. The van der Waals surface area contributed by atoms with Crippen molar-refractivity contribution in [3.8, 4) is 5.75 Å². The normalized spacial score (nSPS) is 14.2. The lowest BCUT2D eigenvalue weighted by Gasteiger charge is -2.14. The summed E-state index contributed by atoms with van der Waals surface area (Å²) in [6.07, 6.45) is 9.72. The number of aromatic hydroxyl groups is 1. The van der Waals surface area contributed by atoms with E-state index in [9.17, 15) is 24.9 Å². The Hall–Kier alpha value is -4.33. The lowest BCUT2D eigenvalue weighted by Crippen LogP contribution is -2.23. The molecule has 2 aromatic heterocycles. The highest BCUT2D eigenvalue weighted by atomic mass is 32.1. The Morgan fingerprint density at radius 1 is 0.918 bits per heavy atom. The Balaban J connectivity index is 0.000000704. The number of aliphatic hydroxyl groups is 2. The Morgan fingerprint density at radius 2 is 1.63 bits per heavy atom. The lowest BCUT2D eigenvalue weighted by atomic mass is 10.0. The highest BCUT2D eigenvalue weighted by molar-refractivity contribution is 7.16. The quantitative estimate of drug-likeness (QED) is 0.0724. The van der Waals surface area contributed by atoms with Crippen molar-refractivity contribution in [3.63, 3.8) is 0 Å². The lowest BCUT2D eigenvalue weighted by molar-refractivity contribution is -0.116. The van der Waals surface area contributed by atoms with Crippen LogP contribution < -0.4 is 20.8 Å². The molecule has 0 bridgehead atoms. The first-order chi connectivity index (χ1) is 23.9. The highest BCUT2D eigenvalue weighted by Crippen LogP contribution is 2.31. The van der Waals surface area contributed by atoms with E-state index in [2.05, 4.69) is 25.9 Å². The van der Waals surface area contributed by atoms with E-state index in [0.717, 1.165) is 16.9 Å². The van der Waals surface area contributed by atoms with Gasteiger partial charge in [0, 0.05) is 50.3 Å². The fraction of sp³-hybridized carbons (Fsp3) is 0.378.